The lowest BCUT2D eigenvalue weighted by Gasteiger charge is -2.17. The Morgan fingerprint density at radius 1 is 1.50 bits per heavy atom. The van der Waals surface area contributed by atoms with Gasteiger partial charge in [-0.25, -0.2) is 4.39 Å². The van der Waals surface area contributed by atoms with Gasteiger partial charge in [-0.15, -0.1) is 0 Å². The van der Waals surface area contributed by atoms with E-state index in [1.165, 1.54) is 6.07 Å². The van der Waals surface area contributed by atoms with Crippen molar-refractivity contribution in [1.82, 2.24) is 5.32 Å². The van der Waals surface area contributed by atoms with Crippen LogP contribution in [0, 0.1) is 5.82 Å². The van der Waals surface area contributed by atoms with Crippen molar-refractivity contribution in [1.29, 1.82) is 0 Å². The van der Waals surface area contributed by atoms with Gasteiger partial charge in [0, 0.05) is 5.56 Å². The van der Waals surface area contributed by atoms with Crippen LogP contribution in [-0.4, -0.2) is 11.9 Å². The number of carbonyl (C=O) groups excluding carboxylic acids is 1. The Morgan fingerprint density at radius 2 is 2.12 bits per heavy atom. The molecule has 1 amide bonds. The van der Waals surface area contributed by atoms with E-state index in [4.69, 9.17) is 5.73 Å². The van der Waals surface area contributed by atoms with Crippen molar-refractivity contribution in [2.24, 2.45) is 5.73 Å². The van der Waals surface area contributed by atoms with Crippen molar-refractivity contribution in [3.05, 3.63) is 35.6 Å². The van der Waals surface area contributed by atoms with E-state index >= 15 is 0 Å². The minimum atomic E-state index is -0.533. The average molecular weight is 224 g/mol. The smallest absolute Gasteiger partial charge is 0.237 e. The number of benzene rings is 1. The van der Waals surface area contributed by atoms with Crippen LogP contribution in [0.2, 0.25) is 0 Å². The van der Waals surface area contributed by atoms with Gasteiger partial charge in [-0.3, -0.25) is 4.79 Å². The Kier molecular flexibility index (Phi) is 4.43. The zero-order valence-electron chi connectivity index (χ0n) is 9.53. The first-order valence-corrected chi connectivity index (χ1v) is 5.36. The zero-order chi connectivity index (χ0) is 12.1. The minimum Gasteiger partial charge on any atom is -0.348 e. The van der Waals surface area contributed by atoms with E-state index in [-0.39, 0.29) is 17.8 Å². The molecule has 0 saturated carbocycles. The number of hydrogen-bond acceptors (Lipinski definition) is 2. The summed E-state index contributed by atoms with van der Waals surface area (Å²) in [4.78, 5) is 11.5. The van der Waals surface area contributed by atoms with Crippen LogP contribution in [0.25, 0.3) is 0 Å². The van der Waals surface area contributed by atoms with E-state index in [1.807, 2.05) is 6.92 Å². The molecule has 0 aliphatic heterocycles. The molecule has 1 aromatic carbocycles. The van der Waals surface area contributed by atoms with Gasteiger partial charge in [-0.05, 0) is 19.4 Å². The molecule has 0 spiro atoms. The van der Waals surface area contributed by atoms with Crippen LogP contribution in [0.15, 0.2) is 24.3 Å². The molecule has 16 heavy (non-hydrogen) atoms. The molecular weight excluding hydrogens is 207 g/mol. The van der Waals surface area contributed by atoms with Crippen molar-refractivity contribution in [2.75, 3.05) is 0 Å². The molecule has 88 valence electrons. The van der Waals surface area contributed by atoms with Crippen LogP contribution < -0.4 is 11.1 Å². The van der Waals surface area contributed by atoms with E-state index in [9.17, 15) is 9.18 Å². The summed E-state index contributed by atoms with van der Waals surface area (Å²) >= 11 is 0. The Hall–Kier alpha value is -1.42. The lowest BCUT2D eigenvalue weighted by Crippen LogP contribution is -2.41. The molecule has 3 nitrogen and oxygen atoms in total. The maximum Gasteiger partial charge on any atom is 0.237 e. The lowest BCUT2D eigenvalue weighted by atomic mass is 10.1. The fourth-order valence-corrected chi connectivity index (χ4v) is 1.41. The minimum absolute atomic E-state index is 0.252. The molecule has 0 radical (unpaired) electrons. The fourth-order valence-electron chi connectivity index (χ4n) is 1.41. The van der Waals surface area contributed by atoms with Gasteiger partial charge in [-0.1, -0.05) is 25.1 Å². The first-order valence-electron chi connectivity index (χ1n) is 5.36. The lowest BCUT2D eigenvalue weighted by molar-refractivity contribution is -0.123. The molecule has 0 fully saturated rings. The summed E-state index contributed by atoms with van der Waals surface area (Å²) in [6.07, 6.45) is 0.565. The van der Waals surface area contributed by atoms with Crippen LogP contribution >= 0.6 is 0 Å². The molecule has 4 heteroatoms. The van der Waals surface area contributed by atoms with Gasteiger partial charge in [0.2, 0.25) is 5.91 Å². The highest BCUT2D eigenvalue weighted by atomic mass is 19.1. The predicted molar refractivity (Wildman–Crippen MR) is 61.2 cm³/mol. The van der Waals surface area contributed by atoms with E-state index in [1.54, 1.807) is 25.1 Å². The van der Waals surface area contributed by atoms with Gasteiger partial charge in [0.1, 0.15) is 5.82 Å². The number of nitrogens with two attached hydrogens (primary N) is 1. The van der Waals surface area contributed by atoms with Crippen molar-refractivity contribution in [3.63, 3.8) is 0 Å². The quantitative estimate of drug-likeness (QED) is 0.818. The highest BCUT2D eigenvalue weighted by Crippen LogP contribution is 2.15. The van der Waals surface area contributed by atoms with E-state index < -0.39 is 6.04 Å². The summed E-state index contributed by atoms with van der Waals surface area (Å²) in [5.41, 5.74) is 6.05. The Morgan fingerprint density at radius 3 is 2.69 bits per heavy atom. The van der Waals surface area contributed by atoms with Crippen LogP contribution in [0.5, 0.6) is 0 Å². The summed E-state index contributed by atoms with van der Waals surface area (Å²) in [7, 11) is 0. The number of hydrogen-bond donors (Lipinski definition) is 2. The largest absolute Gasteiger partial charge is 0.348 e. The van der Waals surface area contributed by atoms with Crippen LogP contribution in [0.3, 0.4) is 0 Å². The molecule has 2 atom stereocenters. The highest BCUT2D eigenvalue weighted by Gasteiger charge is 2.16. The topological polar surface area (TPSA) is 55.1 Å². The first-order chi connectivity index (χ1) is 7.56. The van der Waals surface area contributed by atoms with Crippen molar-refractivity contribution < 1.29 is 9.18 Å². The van der Waals surface area contributed by atoms with Crippen LogP contribution in [0.1, 0.15) is 31.9 Å². The van der Waals surface area contributed by atoms with Crippen molar-refractivity contribution in [2.45, 2.75) is 32.4 Å². The normalized spacial score (nSPS) is 14.2. The number of rotatable bonds is 4. The summed E-state index contributed by atoms with van der Waals surface area (Å²) in [6, 6.07) is 5.47. The monoisotopic (exact) mass is 224 g/mol. The van der Waals surface area contributed by atoms with Crippen LogP contribution in [0.4, 0.5) is 4.39 Å². The van der Waals surface area contributed by atoms with Gasteiger partial charge in [0.25, 0.3) is 0 Å². The first kappa shape index (κ1) is 12.6. The maximum absolute atomic E-state index is 13.4. The molecule has 0 saturated heterocycles. The molecule has 0 unspecified atom stereocenters. The molecule has 1 rings (SSSR count). The van der Waals surface area contributed by atoms with Gasteiger partial charge < -0.3 is 11.1 Å². The number of nitrogens with one attached hydrogen (secondary N) is 1. The van der Waals surface area contributed by atoms with Crippen molar-refractivity contribution in [3.8, 4) is 0 Å². The molecule has 0 heterocycles. The third-order valence-electron chi connectivity index (χ3n) is 2.51. The van der Waals surface area contributed by atoms with Crippen molar-refractivity contribution >= 4 is 5.91 Å². The number of amides is 1. The van der Waals surface area contributed by atoms with E-state index in [0.29, 0.717) is 12.0 Å². The second-order valence-corrected chi connectivity index (χ2v) is 3.77. The predicted octanol–water partition coefficient (Wildman–Crippen LogP) is 1.74. The second-order valence-electron chi connectivity index (χ2n) is 3.77. The highest BCUT2D eigenvalue weighted by molar-refractivity contribution is 5.81. The zero-order valence-corrected chi connectivity index (χ0v) is 9.53. The molecule has 0 aromatic heterocycles. The standard InChI is InChI=1S/C12H17FN2O/c1-3-11(14)12(16)15-8(2)9-6-4-5-7-10(9)13/h4-8,11H,3,14H2,1-2H3,(H,15,16)/t8-,11-/m1/s1. The third-order valence-corrected chi connectivity index (χ3v) is 2.51. The molecule has 0 aliphatic rings. The fraction of sp³-hybridized carbons (Fsp3) is 0.417. The number of halogens is 1. The van der Waals surface area contributed by atoms with E-state index in [0.717, 1.165) is 0 Å². The molecule has 3 N–H and O–H groups in total. The Bertz CT molecular complexity index is 368. The maximum atomic E-state index is 13.4. The number of carbonyl (C=O) groups is 1. The summed E-state index contributed by atoms with van der Waals surface area (Å²) in [5, 5.41) is 2.68. The van der Waals surface area contributed by atoms with Crippen LogP contribution in [-0.2, 0) is 4.79 Å². The molecule has 0 aliphatic carbocycles. The van der Waals surface area contributed by atoms with Gasteiger partial charge >= 0.3 is 0 Å². The SMILES string of the molecule is CC[C@@H](N)C(=O)N[C@H](C)c1ccccc1F. The molecular formula is C12H17FN2O. The Balaban J connectivity index is 2.69. The average Bonchev–Trinajstić information content (AvgIpc) is 2.28. The Labute approximate surface area is 94.8 Å². The van der Waals surface area contributed by atoms with Gasteiger partial charge in [-0.2, -0.15) is 0 Å². The molecule has 1 aromatic rings. The third kappa shape index (κ3) is 3.03. The summed E-state index contributed by atoms with van der Waals surface area (Å²) < 4.78 is 13.4. The summed E-state index contributed by atoms with van der Waals surface area (Å²) in [6.45, 7) is 3.57. The second kappa shape index (κ2) is 5.61. The molecule has 0 bridgehead atoms. The summed E-state index contributed by atoms with van der Waals surface area (Å²) in [5.74, 6) is -0.571. The van der Waals surface area contributed by atoms with E-state index in [2.05, 4.69) is 5.32 Å². The van der Waals surface area contributed by atoms with Gasteiger partial charge in [0.05, 0.1) is 12.1 Å². The van der Waals surface area contributed by atoms with Gasteiger partial charge in [0.15, 0.2) is 0 Å².